The standard InChI is InChI=1S/C20H21N/c1-3-8-15(9-4-1)19-17-12-7-13-18(14-17)20(21-19)16-10-5-2-6-11-16/h1-6,8-11,17-19H,7,12-14H2. The normalized spacial score (nSPS) is 28.0. The Morgan fingerprint density at radius 3 is 2.29 bits per heavy atom. The van der Waals surface area contributed by atoms with E-state index in [2.05, 4.69) is 60.7 Å². The van der Waals surface area contributed by atoms with E-state index in [1.54, 1.807) is 0 Å². The van der Waals surface area contributed by atoms with E-state index < -0.39 is 0 Å². The Kier molecular flexibility index (Phi) is 3.34. The Bertz CT molecular complexity index is 629. The first-order valence-corrected chi connectivity index (χ1v) is 8.10. The van der Waals surface area contributed by atoms with Crippen LogP contribution in [0, 0.1) is 11.8 Å². The average molecular weight is 275 g/mol. The maximum atomic E-state index is 5.22. The van der Waals surface area contributed by atoms with Crippen molar-refractivity contribution in [2.75, 3.05) is 0 Å². The molecule has 1 heterocycles. The molecule has 0 spiro atoms. The molecule has 0 amide bonds. The quantitative estimate of drug-likeness (QED) is 0.728. The van der Waals surface area contributed by atoms with Gasteiger partial charge in [-0.1, -0.05) is 67.1 Å². The van der Waals surface area contributed by atoms with Gasteiger partial charge in [0.05, 0.1) is 6.04 Å². The van der Waals surface area contributed by atoms with Crippen LogP contribution >= 0.6 is 0 Å². The lowest BCUT2D eigenvalue weighted by atomic mass is 9.71. The van der Waals surface area contributed by atoms with Crippen LogP contribution in [0.15, 0.2) is 65.7 Å². The number of nitrogens with zero attached hydrogens (tertiary/aromatic N) is 1. The summed E-state index contributed by atoms with van der Waals surface area (Å²) in [7, 11) is 0. The van der Waals surface area contributed by atoms with Gasteiger partial charge in [0.15, 0.2) is 0 Å². The van der Waals surface area contributed by atoms with Crippen molar-refractivity contribution in [2.45, 2.75) is 31.7 Å². The highest BCUT2D eigenvalue weighted by Crippen LogP contribution is 2.45. The second kappa shape index (κ2) is 5.48. The molecule has 1 saturated carbocycles. The first-order chi connectivity index (χ1) is 10.4. The van der Waals surface area contributed by atoms with Crippen LogP contribution in [0.5, 0.6) is 0 Å². The minimum atomic E-state index is 0.359. The highest BCUT2D eigenvalue weighted by Gasteiger charge is 2.36. The van der Waals surface area contributed by atoms with Crippen LogP contribution in [0.3, 0.4) is 0 Å². The predicted octanol–water partition coefficient (Wildman–Crippen LogP) is 5.04. The summed E-state index contributed by atoms with van der Waals surface area (Å²) >= 11 is 0. The van der Waals surface area contributed by atoms with Gasteiger partial charge < -0.3 is 0 Å². The molecule has 1 aliphatic carbocycles. The van der Waals surface area contributed by atoms with E-state index in [0.29, 0.717) is 12.0 Å². The molecule has 0 saturated heterocycles. The molecular weight excluding hydrogens is 254 g/mol. The fourth-order valence-electron chi connectivity index (χ4n) is 4.04. The Hall–Kier alpha value is -1.89. The maximum Gasteiger partial charge on any atom is 0.0781 e. The topological polar surface area (TPSA) is 12.4 Å². The van der Waals surface area contributed by atoms with Crippen LogP contribution in [-0.2, 0) is 0 Å². The Balaban J connectivity index is 1.78. The van der Waals surface area contributed by atoms with Gasteiger partial charge in [-0.05, 0) is 36.3 Å². The van der Waals surface area contributed by atoms with Crippen LogP contribution < -0.4 is 0 Å². The first kappa shape index (κ1) is 12.8. The summed E-state index contributed by atoms with van der Waals surface area (Å²) in [6, 6.07) is 22.0. The summed E-state index contributed by atoms with van der Waals surface area (Å²) in [6.45, 7) is 0. The number of hydrogen-bond acceptors (Lipinski definition) is 1. The molecule has 106 valence electrons. The van der Waals surface area contributed by atoms with Crippen molar-refractivity contribution in [3.05, 3.63) is 71.8 Å². The van der Waals surface area contributed by atoms with Crippen LogP contribution in [0.25, 0.3) is 0 Å². The van der Waals surface area contributed by atoms with Gasteiger partial charge in [0.2, 0.25) is 0 Å². The van der Waals surface area contributed by atoms with E-state index in [9.17, 15) is 0 Å². The molecule has 3 unspecified atom stereocenters. The van der Waals surface area contributed by atoms with E-state index in [1.165, 1.54) is 42.5 Å². The molecule has 1 nitrogen and oxygen atoms in total. The fourth-order valence-corrected chi connectivity index (χ4v) is 4.04. The zero-order valence-electron chi connectivity index (χ0n) is 12.3. The minimum Gasteiger partial charge on any atom is -0.280 e. The van der Waals surface area contributed by atoms with E-state index in [1.807, 2.05) is 0 Å². The van der Waals surface area contributed by atoms with E-state index >= 15 is 0 Å². The molecule has 2 aliphatic rings. The first-order valence-electron chi connectivity index (χ1n) is 8.10. The zero-order chi connectivity index (χ0) is 14.1. The third kappa shape index (κ3) is 2.42. The maximum absolute atomic E-state index is 5.22. The van der Waals surface area contributed by atoms with Crippen molar-refractivity contribution >= 4 is 5.71 Å². The molecule has 3 atom stereocenters. The van der Waals surface area contributed by atoms with Crippen LogP contribution in [-0.4, -0.2) is 5.71 Å². The lowest BCUT2D eigenvalue weighted by Crippen LogP contribution is -2.32. The van der Waals surface area contributed by atoms with E-state index in [-0.39, 0.29) is 0 Å². The van der Waals surface area contributed by atoms with Gasteiger partial charge >= 0.3 is 0 Å². The third-order valence-electron chi connectivity index (χ3n) is 5.04. The summed E-state index contributed by atoms with van der Waals surface area (Å²) < 4.78 is 0. The molecule has 0 radical (unpaired) electrons. The summed E-state index contributed by atoms with van der Waals surface area (Å²) in [6.07, 6.45) is 5.31. The van der Waals surface area contributed by atoms with E-state index in [4.69, 9.17) is 4.99 Å². The van der Waals surface area contributed by atoms with Gasteiger partial charge in [-0.15, -0.1) is 0 Å². The molecular formula is C20H21N. The molecule has 0 aromatic heterocycles. The highest BCUT2D eigenvalue weighted by molar-refractivity contribution is 6.02. The second-order valence-corrected chi connectivity index (χ2v) is 6.36. The number of fused-ring (bicyclic) bond motifs is 2. The van der Waals surface area contributed by atoms with Gasteiger partial charge in [0, 0.05) is 11.6 Å². The molecule has 2 aromatic rings. The third-order valence-corrected chi connectivity index (χ3v) is 5.04. The molecule has 1 fully saturated rings. The fraction of sp³-hybridized carbons (Fsp3) is 0.350. The zero-order valence-corrected chi connectivity index (χ0v) is 12.3. The van der Waals surface area contributed by atoms with Crippen molar-refractivity contribution in [2.24, 2.45) is 16.8 Å². The van der Waals surface area contributed by atoms with Crippen molar-refractivity contribution in [3.63, 3.8) is 0 Å². The Morgan fingerprint density at radius 2 is 1.52 bits per heavy atom. The molecule has 2 aromatic carbocycles. The van der Waals surface area contributed by atoms with Crippen LogP contribution in [0.1, 0.15) is 42.9 Å². The SMILES string of the molecule is c1ccc(C2=NC(c3ccccc3)C3CCCC2C3)cc1. The highest BCUT2D eigenvalue weighted by atomic mass is 14.8. The van der Waals surface area contributed by atoms with Crippen LogP contribution in [0.2, 0.25) is 0 Å². The average Bonchev–Trinajstić information content (AvgIpc) is 2.57. The van der Waals surface area contributed by atoms with Crippen molar-refractivity contribution < 1.29 is 0 Å². The molecule has 2 bridgehead atoms. The van der Waals surface area contributed by atoms with Crippen molar-refractivity contribution in [1.82, 2.24) is 0 Å². The van der Waals surface area contributed by atoms with Gasteiger partial charge in [-0.2, -0.15) is 0 Å². The summed E-state index contributed by atoms with van der Waals surface area (Å²) in [5.41, 5.74) is 4.06. The van der Waals surface area contributed by atoms with Gasteiger partial charge in [-0.25, -0.2) is 0 Å². The smallest absolute Gasteiger partial charge is 0.0781 e. The number of hydrogen-bond donors (Lipinski definition) is 0. The molecule has 0 N–H and O–H groups in total. The number of rotatable bonds is 2. The monoisotopic (exact) mass is 275 g/mol. The molecule has 21 heavy (non-hydrogen) atoms. The predicted molar refractivity (Wildman–Crippen MR) is 87.6 cm³/mol. The summed E-state index contributed by atoms with van der Waals surface area (Å²) in [5.74, 6) is 1.41. The van der Waals surface area contributed by atoms with Gasteiger partial charge in [-0.3, -0.25) is 4.99 Å². The lowest BCUT2D eigenvalue weighted by molar-refractivity contribution is 0.258. The van der Waals surface area contributed by atoms with Gasteiger partial charge in [0.25, 0.3) is 0 Å². The van der Waals surface area contributed by atoms with Crippen LogP contribution in [0.4, 0.5) is 0 Å². The Morgan fingerprint density at radius 1 is 0.810 bits per heavy atom. The summed E-state index contributed by atoms with van der Waals surface area (Å²) in [5, 5.41) is 0. The van der Waals surface area contributed by atoms with Gasteiger partial charge in [0.1, 0.15) is 0 Å². The van der Waals surface area contributed by atoms with Crippen molar-refractivity contribution in [1.29, 1.82) is 0 Å². The molecule has 4 rings (SSSR count). The molecule has 1 heteroatoms. The Labute approximate surface area is 126 Å². The second-order valence-electron chi connectivity index (χ2n) is 6.36. The number of benzene rings is 2. The molecule has 1 aliphatic heterocycles. The van der Waals surface area contributed by atoms with Crippen molar-refractivity contribution in [3.8, 4) is 0 Å². The van der Waals surface area contributed by atoms with E-state index in [0.717, 1.165) is 5.92 Å². The number of aliphatic imine (C=N–C) groups is 1. The largest absolute Gasteiger partial charge is 0.280 e. The summed E-state index contributed by atoms with van der Waals surface area (Å²) in [4.78, 5) is 5.22. The lowest BCUT2D eigenvalue weighted by Gasteiger charge is -2.39. The minimum absolute atomic E-state index is 0.359.